The SMILES string of the molecule is CCCNC1c2ccccc2CC1SC(C)C. The van der Waals surface area contributed by atoms with E-state index >= 15 is 0 Å². The van der Waals surface area contributed by atoms with Crippen molar-refractivity contribution in [3.05, 3.63) is 35.4 Å². The topological polar surface area (TPSA) is 12.0 Å². The average molecular weight is 249 g/mol. The van der Waals surface area contributed by atoms with Crippen molar-refractivity contribution in [3.63, 3.8) is 0 Å². The zero-order valence-corrected chi connectivity index (χ0v) is 11.9. The molecule has 1 aliphatic rings. The quantitative estimate of drug-likeness (QED) is 0.852. The first-order chi connectivity index (χ1) is 8.22. The van der Waals surface area contributed by atoms with Crippen LogP contribution in [0.15, 0.2) is 24.3 Å². The maximum atomic E-state index is 3.72. The Kier molecular flexibility index (Phi) is 4.52. The molecule has 1 aromatic carbocycles. The van der Waals surface area contributed by atoms with Crippen LogP contribution in [0.25, 0.3) is 0 Å². The molecule has 1 aromatic rings. The molecule has 0 aromatic heterocycles. The normalized spacial score (nSPS) is 23.1. The zero-order valence-electron chi connectivity index (χ0n) is 11.1. The molecular weight excluding hydrogens is 226 g/mol. The van der Waals surface area contributed by atoms with Crippen molar-refractivity contribution in [1.29, 1.82) is 0 Å². The molecule has 94 valence electrons. The third-order valence-electron chi connectivity index (χ3n) is 3.24. The minimum atomic E-state index is 0.554. The van der Waals surface area contributed by atoms with E-state index in [1.165, 1.54) is 18.4 Å². The van der Waals surface area contributed by atoms with E-state index in [0.29, 0.717) is 16.5 Å². The molecule has 0 spiro atoms. The number of hydrogen-bond acceptors (Lipinski definition) is 2. The lowest BCUT2D eigenvalue weighted by Gasteiger charge is -2.23. The lowest BCUT2D eigenvalue weighted by molar-refractivity contribution is 0.538. The summed E-state index contributed by atoms with van der Waals surface area (Å²) in [6, 6.07) is 9.47. The van der Waals surface area contributed by atoms with Crippen LogP contribution in [-0.2, 0) is 6.42 Å². The molecule has 0 saturated carbocycles. The van der Waals surface area contributed by atoms with E-state index in [-0.39, 0.29) is 0 Å². The van der Waals surface area contributed by atoms with Crippen LogP contribution in [0.5, 0.6) is 0 Å². The van der Waals surface area contributed by atoms with Gasteiger partial charge in [-0.2, -0.15) is 11.8 Å². The van der Waals surface area contributed by atoms with E-state index in [1.54, 1.807) is 5.56 Å². The van der Waals surface area contributed by atoms with Gasteiger partial charge in [-0.25, -0.2) is 0 Å². The predicted molar refractivity (Wildman–Crippen MR) is 77.7 cm³/mol. The van der Waals surface area contributed by atoms with E-state index < -0.39 is 0 Å². The van der Waals surface area contributed by atoms with Crippen LogP contribution in [0.3, 0.4) is 0 Å². The van der Waals surface area contributed by atoms with Crippen molar-refractivity contribution in [2.45, 2.75) is 50.2 Å². The van der Waals surface area contributed by atoms with Gasteiger partial charge in [-0.1, -0.05) is 45.0 Å². The van der Waals surface area contributed by atoms with E-state index in [2.05, 4.69) is 62.1 Å². The molecule has 0 bridgehead atoms. The minimum absolute atomic E-state index is 0.554. The van der Waals surface area contributed by atoms with E-state index in [9.17, 15) is 0 Å². The Balaban J connectivity index is 2.14. The molecule has 0 amide bonds. The van der Waals surface area contributed by atoms with Gasteiger partial charge in [0.15, 0.2) is 0 Å². The van der Waals surface area contributed by atoms with Gasteiger partial charge in [0.05, 0.1) is 0 Å². The molecule has 17 heavy (non-hydrogen) atoms. The summed E-state index contributed by atoms with van der Waals surface area (Å²) in [5.41, 5.74) is 3.07. The van der Waals surface area contributed by atoms with E-state index in [1.807, 2.05) is 0 Å². The summed E-state index contributed by atoms with van der Waals surface area (Å²) in [6.07, 6.45) is 2.43. The Morgan fingerprint density at radius 3 is 2.82 bits per heavy atom. The fourth-order valence-electron chi connectivity index (χ4n) is 2.58. The van der Waals surface area contributed by atoms with Crippen molar-refractivity contribution in [2.24, 2.45) is 0 Å². The first kappa shape index (κ1) is 13.0. The summed E-state index contributed by atoms with van der Waals surface area (Å²) < 4.78 is 0. The summed E-state index contributed by atoms with van der Waals surface area (Å²) >= 11 is 2.11. The molecule has 2 rings (SSSR count). The van der Waals surface area contributed by atoms with E-state index in [4.69, 9.17) is 0 Å². The number of rotatable bonds is 5. The largest absolute Gasteiger partial charge is 0.309 e. The smallest absolute Gasteiger partial charge is 0.0446 e. The lowest BCUT2D eigenvalue weighted by Crippen LogP contribution is -2.28. The van der Waals surface area contributed by atoms with Gasteiger partial charge in [0.1, 0.15) is 0 Å². The monoisotopic (exact) mass is 249 g/mol. The molecule has 0 radical (unpaired) electrons. The first-order valence-corrected chi connectivity index (χ1v) is 7.63. The van der Waals surface area contributed by atoms with Crippen molar-refractivity contribution in [1.82, 2.24) is 5.32 Å². The summed E-state index contributed by atoms with van der Waals surface area (Å²) in [5, 5.41) is 5.14. The Bertz CT molecular complexity index is 362. The van der Waals surface area contributed by atoms with Gasteiger partial charge < -0.3 is 5.32 Å². The molecule has 2 unspecified atom stereocenters. The number of nitrogens with one attached hydrogen (secondary N) is 1. The highest BCUT2D eigenvalue weighted by Gasteiger charge is 2.32. The van der Waals surface area contributed by atoms with Crippen LogP contribution in [0.1, 0.15) is 44.4 Å². The van der Waals surface area contributed by atoms with Crippen LogP contribution in [0, 0.1) is 0 Å². The second kappa shape index (κ2) is 5.92. The molecule has 1 nitrogen and oxygen atoms in total. The number of hydrogen-bond donors (Lipinski definition) is 1. The standard InChI is InChI=1S/C15H23NS/c1-4-9-16-15-13-8-6-5-7-12(13)10-14(15)17-11(2)3/h5-8,11,14-16H,4,9-10H2,1-3H3. The van der Waals surface area contributed by atoms with Crippen LogP contribution < -0.4 is 5.32 Å². The second-order valence-electron chi connectivity index (χ2n) is 5.06. The molecular formula is C15H23NS. The number of fused-ring (bicyclic) bond motifs is 1. The van der Waals surface area contributed by atoms with Crippen molar-refractivity contribution >= 4 is 11.8 Å². The Labute approximate surface area is 109 Å². The van der Waals surface area contributed by atoms with Gasteiger partial charge in [-0.05, 0) is 35.8 Å². The van der Waals surface area contributed by atoms with Gasteiger partial charge in [-0.15, -0.1) is 0 Å². The molecule has 1 aliphatic carbocycles. The Morgan fingerprint density at radius 1 is 1.35 bits per heavy atom. The lowest BCUT2D eigenvalue weighted by atomic mass is 10.1. The maximum Gasteiger partial charge on any atom is 0.0446 e. The fourth-order valence-corrected chi connectivity index (χ4v) is 3.95. The molecule has 0 fully saturated rings. The van der Waals surface area contributed by atoms with Gasteiger partial charge >= 0.3 is 0 Å². The Morgan fingerprint density at radius 2 is 2.12 bits per heavy atom. The maximum absolute atomic E-state index is 3.72. The average Bonchev–Trinajstić information content (AvgIpc) is 2.63. The van der Waals surface area contributed by atoms with Crippen molar-refractivity contribution < 1.29 is 0 Å². The summed E-state index contributed by atoms with van der Waals surface area (Å²) in [5.74, 6) is 0. The number of benzene rings is 1. The highest BCUT2D eigenvalue weighted by Crippen LogP contribution is 2.39. The highest BCUT2D eigenvalue weighted by atomic mass is 32.2. The molecule has 1 N–H and O–H groups in total. The number of thioether (sulfide) groups is 1. The second-order valence-corrected chi connectivity index (χ2v) is 6.88. The van der Waals surface area contributed by atoms with Gasteiger partial charge in [-0.3, -0.25) is 0 Å². The van der Waals surface area contributed by atoms with Crippen LogP contribution >= 0.6 is 11.8 Å². The van der Waals surface area contributed by atoms with Crippen LogP contribution in [0.4, 0.5) is 0 Å². The summed E-state index contributed by atoms with van der Waals surface area (Å²) in [6.45, 7) is 7.95. The van der Waals surface area contributed by atoms with Gasteiger partial charge in [0, 0.05) is 11.3 Å². The summed E-state index contributed by atoms with van der Waals surface area (Å²) in [7, 11) is 0. The molecule has 0 saturated heterocycles. The van der Waals surface area contributed by atoms with Crippen LogP contribution in [0.2, 0.25) is 0 Å². The van der Waals surface area contributed by atoms with E-state index in [0.717, 1.165) is 6.54 Å². The Hall–Kier alpha value is -0.470. The van der Waals surface area contributed by atoms with Crippen LogP contribution in [-0.4, -0.2) is 17.0 Å². The molecule has 2 heteroatoms. The van der Waals surface area contributed by atoms with Crippen molar-refractivity contribution in [3.8, 4) is 0 Å². The molecule has 0 aliphatic heterocycles. The molecule has 0 heterocycles. The third kappa shape index (κ3) is 3.05. The van der Waals surface area contributed by atoms with Gasteiger partial charge in [0.25, 0.3) is 0 Å². The minimum Gasteiger partial charge on any atom is -0.309 e. The predicted octanol–water partition coefficient (Wildman–Crippen LogP) is 3.79. The fraction of sp³-hybridized carbons (Fsp3) is 0.600. The third-order valence-corrected chi connectivity index (χ3v) is 4.58. The first-order valence-electron chi connectivity index (χ1n) is 6.69. The molecule has 2 atom stereocenters. The van der Waals surface area contributed by atoms with Crippen molar-refractivity contribution in [2.75, 3.05) is 6.54 Å². The van der Waals surface area contributed by atoms with Gasteiger partial charge in [0.2, 0.25) is 0 Å². The highest BCUT2D eigenvalue weighted by molar-refractivity contribution is 8.00. The summed E-state index contributed by atoms with van der Waals surface area (Å²) in [4.78, 5) is 0. The zero-order chi connectivity index (χ0) is 12.3.